The van der Waals surface area contributed by atoms with E-state index in [0.717, 1.165) is 18.7 Å². The molecule has 0 radical (unpaired) electrons. The second-order valence-corrected chi connectivity index (χ2v) is 10.1. The zero-order chi connectivity index (χ0) is 26.8. The Bertz CT molecular complexity index is 1430. The van der Waals surface area contributed by atoms with E-state index < -0.39 is 6.04 Å². The maximum atomic E-state index is 13.6. The third-order valence-electron chi connectivity index (χ3n) is 7.47. The maximum Gasteiger partial charge on any atom is 0.245 e. The standard InChI is InChI=1S/C30H28FN5O3/c31-24-7-11-27(12-8-24)39-26-9-5-21(6-10-26)13-29(37)28-14-25(34-15-22-3-1-2-4-23(22)16-34)17-36(28)30(38)18-35-20-32-19-33-35/h1-12,19-20,25,28H,13-18H2/t25-,28+/m1/s1. The van der Waals surface area contributed by atoms with Crippen molar-refractivity contribution in [3.8, 4) is 11.5 Å². The number of hydrogen-bond donors (Lipinski definition) is 0. The highest BCUT2D eigenvalue weighted by Gasteiger charge is 2.42. The summed E-state index contributed by atoms with van der Waals surface area (Å²) in [7, 11) is 0. The lowest BCUT2D eigenvalue weighted by atomic mass is 10.0. The molecule has 1 saturated heterocycles. The molecule has 1 aromatic heterocycles. The first-order valence-electron chi connectivity index (χ1n) is 13.0. The van der Waals surface area contributed by atoms with Crippen LogP contribution in [-0.2, 0) is 35.6 Å². The van der Waals surface area contributed by atoms with E-state index in [1.807, 2.05) is 24.3 Å². The lowest BCUT2D eigenvalue weighted by Gasteiger charge is -2.24. The van der Waals surface area contributed by atoms with E-state index in [2.05, 4.69) is 27.1 Å². The first-order chi connectivity index (χ1) is 19.0. The second kappa shape index (κ2) is 10.8. The normalized spacial score (nSPS) is 18.7. The highest BCUT2D eigenvalue weighted by atomic mass is 19.1. The Balaban J connectivity index is 1.15. The van der Waals surface area contributed by atoms with Crippen LogP contribution in [0.3, 0.4) is 0 Å². The van der Waals surface area contributed by atoms with E-state index in [1.54, 1.807) is 29.2 Å². The van der Waals surface area contributed by atoms with Gasteiger partial charge in [0, 0.05) is 32.1 Å². The first-order valence-corrected chi connectivity index (χ1v) is 13.0. The van der Waals surface area contributed by atoms with E-state index in [0.29, 0.717) is 24.5 Å². The fraction of sp³-hybridized carbons (Fsp3) is 0.267. The SMILES string of the molecule is O=C(Cc1ccc(Oc2ccc(F)cc2)cc1)[C@@H]1C[C@@H](N2Cc3ccccc3C2)CN1C(=O)Cn1cncn1. The zero-order valence-electron chi connectivity index (χ0n) is 21.3. The van der Waals surface area contributed by atoms with E-state index >= 15 is 0 Å². The summed E-state index contributed by atoms with van der Waals surface area (Å²) in [5.74, 6) is 0.669. The molecule has 39 heavy (non-hydrogen) atoms. The van der Waals surface area contributed by atoms with Crippen LogP contribution in [0.1, 0.15) is 23.1 Å². The number of amides is 1. The van der Waals surface area contributed by atoms with Crippen molar-refractivity contribution in [3.63, 3.8) is 0 Å². The number of carbonyl (C=O) groups excluding carboxylic acids is 2. The summed E-state index contributed by atoms with van der Waals surface area (Å²) in [6.45, 7) is 2.19. The van der Waals surface area contributed by atoms with E-state index in [1.165, 1.54) is 40.6 Å². The second-order valence-electron chi connectivity index (χ2n) is 10.1. The van der Waals surface area contributed by atoms with Gasteiger partial charge in [-0.2, -0.15) is 5.10 Å². The van der Waals surface area contributed by atoms with Crippen LogP contribution in [0, 0.1) is 5.82 Å². The van der Waals surface area contributed by atoms with Crippen LogP contribution in [0.15, 0.2) is 85.5 Å². The summed E-state index contributed by atoms with van der Waals surface area (Å²) >= 11 is 0. The topological polar surface area (TPSA) is 80.6 Å². The minimum Gasteiger partial charge on any atom is -0.457 e. The van der Waals surface area contributed by atoms with Crippen LogP contribution in [0.2, 0.25) is 0 Å². The van der Waals surface area contributed by atoms with Crippen molar-refractivity contribution < 1.29 is 18.7 Å². The number of halogens is 1. The number of ether oxygens (including phenoxy) is 1. The number of ketones is 1. The molecule has 4 aromatic rings. The third kappa shape index (κ3) is 5.58. The van der Waals surface area contributed by atoms with Crippen molar-refractivity contribution in [1.82, 2.24) is 24.6 Å². The molecule has 1 amide bonds. The molecule has 6 rings (SSSR count). The Kier molecular flexibility index (Phi) is 6.89. The number of hydrogen-bond acceptors (Lipinski definition) is 6. The Morgan fingerprint density at radius 2 is 1.59 bits per heavy atom. The van der Waals surface area contributed by atoms with Gasteiger partial charge in [-0.3, -0.25) is 14.5 Å². The Morgan fingerprint density at radius 3 is 2.23 bits per heavy atom. The number of rotatable bonds is 8. The number of benzene rings is 3. The first kappa shape index (κ1) is 24.9. The molecule has 1 fully saturated rings. The van der Waals surface area contributed by atoms with Gasteiger partial charge in [-0.1, -0.05) is 36.4 Å². The van der Waals surface area contributed by atoms with Crippen LogP contribution < -0.4 is 4.74 Å². The molecule has 0 N–H and O–H groups in total. The van der Waals surface area contributed by atoms with Crippen molar-refractivity contribution in [3.05, 3.63) is 108 Å². The monoisotopic (exact) mass is 525 g/mol. The average Bonchev–Trinajstić information content (AvgIpc) is 3.70. The molecule has 2 atom stereocenters. The molecule has 9 heteroatoms. The number of likely N-dealkylation sites (tertiary alicyclic amines) is 1. The number of carbonyl (C=O) groups is 2. The molecule has 2 aliphatic heterocycles. The molecule has 0 spiro atoms. The average molecular weight is 526 g/mol. The van der Waals surface area contributed by atoms with Crippen LogP contribution in [0.4, 0.5) is 4.39 Å². The number of aromatic nitrogens is 3. The van der Waals surface area contributed by atoms with Crippen molar-refractivity contribution >= 4 is 11.7 Å². The molecule has 0 unspecified atom stereocenters. The zero-order valence-corrected chi connectivity index (χ0v) is 21.3. The predicted molar refractivity (Wildman–Crippen MR) is 141 cm³/mol. The molecule has 198 valence electrons. The molecule has 3 heterocycles. The summed E-state index contributed by atoms with van der Waals surface area (Å²) in [6.07, 6.45) is 3.71. The molecule has 0 bridgehead atoms. The molecule has 3 aromatic carbocycles. The van der Waals surface area contributed by atoms with E-state index in [9.17, 15) is 14.0 Å². The van der Waals surface area contributed by atoms with Gasteiger partial charge in [-0.25, -0.2) is 14.1 Å². The van der Waals surface area contributed by atoms with Gasteiger partial charge in [0.05, 0.1) is 6.04 Å². The highest BCUT2D eigenvalue weighted by Crippen LogP contribution is 2.31. The van der Waals surface area contributed by atoms with Crippen molar-refractivity contribution in [1.29, 1.82) is 0 Å². The van der Waals surface area contributed by atoms with Crippen LogP contribution >= 0.6 is 0 Å². The summed E-state index contributed by atoms with van der Waals surface area (Å²) in [6, 6.07) is 21.1. The minimum atomic E-state index is -0.509. The van der Waals surface area contributed by atoms with E-state index in [4.69, 9.17) is 4.74 Å². The minimum absolute atomic E-state index is 0.00774. The lowest BCUT2D eigenvalue weighted by molar-refractivity contribution is -0.138. The maximum absolute atomic E-state index is 13.6. The predicted octanol–water partition coefficient (Wildman–Crippen LogP) is 4.01. The van der Waals surface area contributed by atoms with Crippen molar-refractivity contribution in [2.75, 3.05) is 6.54 Å². The summed E-state index contributed by atoms with van der Waals surface area (Å²) in [5, 5.41) is 4.06. The van der Waals surface area contributed by atoms with Gasteiger partial charge in [0.25, 0.3) is 0 Å². The fourth-order valence-corrected chi connectivity index (χ4v) is 5.45. The highest BCUT2D eigenvalue weighted by molar-refractivity contribution is 5.91. The Labute approximate surface area is 225 Å². The van der Waals surface area contributed by atoms with Crippen LogP contribution in [0.25, 0.3) is 0 Å². The smallest absolute Gasteiger partial charge is 0.245 e. The quantitative estimate of drug-likeness (QED) is 0.346. The van der Waals surface area contributed by atoms with Gasteiger partial charge in [-0.05, 0) is 59.5 Å². The van der Waals surface area contributed by atoms with Gasteiger partial charge in [0.2, 0.25) is 5.91 Å². The number of nitrogens with zero attached hydrogens (tertiary/aromatic N) is 5. The molecule has 0 saturated carbocycles. The molecule has 2 aliphatic rings. The van der Waals surface area contributed by atoms with Gasteiger partial charge in [-0.15, -0.1) is 0 Å². The van der Waals surface area contributed by atoms with Crippen molar-refractivity contribution in [2.24, 2.45) is 0 Å². The number of fused-ring (bicyclic) bond motifs is 1. The lowest BCUT2D eigenvalue weighted by Crippen LogP contribution is -2.43. The Hall–Kier alpha value is -4.37. The summed E-state index contributed by atoms with van der Waals surface area (Å²) in [4.78, 5) is 35.0. The summed E-state index contributed by atoms with van der Waals surface area (Å²) in [5.41, 5.74) is 3.44. The van der Waals surface area contributed by atoms with Crippen LogP contribution in [-0.4, -0.2) is 54.9 Å². The van der Waals surface area contributed by atoms with Gasteiger partial charge in [0.1, 0.15) is 36.5 Å². The van der Waals surface area contributed by atoms with Gasteiger partial charge < -0.3 is 9.64 Å². The molecule has 0 aliphatic carbocycles. The van der Waals surface area contributed by atoms with Gasteiger partial charge in [0.15, 0.2) is 5.78 Å². The molecular formula is C30H28FN5O3. The number of Topliss-reactive ketones (excluding diaryl/α,β-unsaturated/α-hetero) is 1. The van der Waals surface area contributed by atoms with Crippen molar-refractivity contribution in [2.45, 2.75) is 44.6 Å². The third-order valence-corrected chi connectivity index (χ3v) is 7.47. The van der Waals surface area contributed by atoms with E-state index in [-0.39, 0.29) is 36.5 Å². The molecule has 8 nitrogen and oxygen atoms in total. The molecular weight excluding hydrogens is 497 g/mol. The fourth-order valence-electron chi connectivity index (χ4n) is 5.45. The summed E-state index contributed by atoms with van der Waals surface area (Å²) < 4.78 is 20.4. The Morgan fingerprint density at radius 1 is 0.923 bits per heavy atom. The van der Waals surface area contributed by atoms with Gasteiger partial charge >= 0.3 is 0 Å². The van der Waals surface area contributed by atoms with Crippen LogP contribution in [0.5, 0.6) is 11.5 Å². The largest absolute Gasteiger partial charge is 0.457 e.